The van der Waals surface area contributed by atoms with E-state index in [2.05, 4.69) is 5.32 Å². The van der Waals surface area contributed by atoms with Gasteiger partial charge in [-0.15, -0.1) is 0 Å². The van der Waals surface area contributed by atoms with Crippen LogP contribution in [0.15, 0.2) is 36.1 Å². The van der Waals surface area contributed by atoms with Gasteiger partial charge in [0, 0.05) is 6.20 Å². The maximum atomic E-state index is 11.0. The predicted octanol–water partition coefficient (Wildman–Crippen LogP) is 0.742. The predicted molar refractivity (Wildman–Crippen MR) is 38.0 cm³/mol. The fraction of sp³-hybridized carbons (Fsp3) is 0.125. The monoisotopic (exact) mass is 133 g/mol. The molecule has 1 N–H and O–H groups in total. The van der Waals surface area contributed by atoms with Gasteiger partial charge in [0.05, 0.1) is 5.92 Å². The molecule has 0 radical (unpaired) electrons. The van der Waals surface area contributed by atoms with Gasteiger partial charge < -0.3 is 5.32 Å². The van der Waals surface area contributed by atoms with Gasteiger partial charge in [-0.3, -0.25) is 4.79 Å². The van der Waals surface area contributed by atoms with E-state index >= 15 is 0 Å². The summed E-state index contributed by atoms with van der Waals surface area (Å²) in [7, 11) is 0. The summed E-state index contributed by atoms with van der Waals surface area (Å²) in [6, 6.07) is 0. The lowest BCUT2D eigenvalue weighted by Gasteiger charge is -2.05. The summed E-state index contributed by atoms with van der Waals surface area (Å²) in [5.74, 6) is 0.0561. The van der Waals surface area contributed by atoms with Crippen molar-refractivity contribution in [2.75, 3.05) is 0 Å². The number of nitrogens with one attached hydrogen (secondary N) is 1. The fourth-order valence-corrected chi connectivity index (χ4v) is 1.18. The van der Waals surface area contributed by atoms with Crippen molar-refractivity contribution < 1.29 is 4.79 Å². The molecule has 2 heteroatoms. The number of fused-ring (bicyclic) bond motifs is 1. The summed E-state index contributed by atoms with van der Waals surface area (Å²) in [4.78, 5) is 11.0. The van der Waals surface area contributed by atoms with Crippen LogP contribution in [0, 0.1) is 5.92 Å². The van der Waals surface area contributed by atoms with Crippen LogP contribution in [-0.4, -0.2) is 5.91 Å². The van der Waals surface area contributed by atoms with E-state index < -0.39 is 0 Å². The van der Waals surface area contributed by atoms with Crippen LogP contribution in [0.2, 0.25) is 0 Å². The minimum atomic E-state index is -0.0231. The molecule has 50 valence electrons. The zero-order chi connectivity index (χ0) is 6.97. The Morgan fingerprint density at radius 1 is 1.40 bits per heavy atom. The van der Waals surface area contributed by atoms with Crippen LogP contribution in [0.4, 0.5) is 0 Å². The number of amides is 1. The summed E-state index contributed by atoms with van der Waals surface area (Å²) in [6.45, 7) is 0. The highest BCUT2D eigenvalue weighted by Crippen LogP contribution is 2.21. The van der Waals surface area contributed by atoms with Crippen molar-refractivity contribution in [1.29, 1.82) is 0 Å². The summed E-state index contributed by atoms with van der Waals surface area (Å²) < 4.78 is 0. The first-order valence-electron chi connectivity index (χ1n) is 3.23. The lowest BCUT2D eigenvalue weighted by Crippen LogP contribution is -2.18. The number of rotatable bonds is 0. The largest absolute Gasteiger partial charge is 0.332 e. The zero-order valence-electron chi connectivity index (χ0n) is 5.37. The summed E-state index contributed by atoms with van der Waals surface area (Å²) in [5, 5.41) is 2.66. The van der Waals surface area contributed by atoms with Crippen LogP contribution in [0.5, 0.6) is 0 Å². The van der Waals surface area contributed by atoms with Crippen molar-refractivity contribution in [3.8, 4) is 0 Å². The first-order valence-corrected chi connectivity index (χ1v) is 3.23. The molecule has 0 saturated carbocycles. The minimum absolute atomic E-state index is 0.0231. The molecule has 1 unspecified atom stereocenters. The topological polar surface area (TPSA) is 29.1 Å². The fourth-order valence-electron chi connectivity index (χ4n) is 1.18. The molecule has 0 aromatic rings. The second kappa shape index (κ2) is 1.84. The number of hydrogen-bond donors (Lipinski definition) is 1. The van der Waals surface area contributed by atoms with Gasteiger partial charge in [0.15, 0.2) is 0 Å². The Labute approximate surface area is 58.9 Å². The minimum Gasteiger partial charge on any atom is -0.332 e. The molecule has 2 aliphatic rings. The maximum absolute atomic E-state index is 11.0. The van der Waals surface area contributed by atoms with Crippen molar-refractivity contribution in [3.63, 3.8) is 0 Å². The van der Waals surface area contributed by atoms with Crippen LogP contribution >= 0.6 is 0 Å². The van der Waals surface area contributed by atoms with Crippen molar-refractivity contribution in [1.82, 2.24) is 5.32 Å². The molecule has 10 heavy (non-hydrogen) atoms. The Hall–Kier alpha value is -1.31. The van der Waals surface area contributed by atoms with Gasteiger partial charge in [-0.2, -0.15) is 0 Å². The normalized spacial score (nSPS) is 27.8. The Balaban J connectivity index is 2.39. The SMILES string of the molecule is O=C1NC=C2C=CC=CC12. The number of hydrogen-bond acceptors (Lipinski definition) is 1. The molecule has 1 heterocycles. The van der Waals surface area contributed by atoms with Crippen molar-refractivity contribution in [2.24, 2.45) is 5.92 Å². The average molecular weight is 133 g/mol. The first kappa shape index (κ1) is 5.47. The molecule has 1 amide bonds. The van der Waals surface area contributed by atoms with Gasteiger partial charge in [0.2, 0.25) is 5.91 Å². The molecule has 0 aromatic carbocycles. The summed E-state index contributed by atoms with van der Waals surface area (Å²) in [5.41, 5.74) is 1.06. The van der Waals surface area contributed by atoms with Crippen LogP contribution < -0.4 is 5.32 Å². The van der Waals surface area contributed by atoms with Gasteiger partial charge >= 0.3 is 0 Å². The molecule has 0 spiro atoms. The molecular formula is C8H7NO. The summed E-state index contributed by atoms with van der Waals surface area (Å²) in [6.07, 6.45) is 9.43. The van der Waals surface area contributed by atoms with Crippen LogP contribution in [0.3, 0.4) is 0 Å². The number of allylic oxidation sites excluding steroid dienone is 3. The molecular weight excluding hydrogens is 126 g/mol. The molecule has 0 fully saturated rings. The van der Waals surface area contributed by atoms with E-state index in [1.807, 2.05) is 24.3 Å². The third-order valence-corrected chi connectivity index (χ3v) is 1.73. The van der Waals surface area contributed by atoms with Crippen LogP contribution in [-0.2, 0) is 4.79 Å². The molecule has 0 bridgehead atoms. The lowest BCUT2D eigenvalue weighted by molar-refractivity contribution is -0.120. The van der Waals surface area contributed by atoms with E-state index in [1.54, 1.807) is 6.20 Å². The maximum Gasteiger partial charge on any atom is 0.235 e. The Morgan fingerprint density at radius 3 is 3.10 bits per heavy atom. The zero-order valence-corrected chi connectivity index (χ0v) is 5.37. The van der Waals surface area contributed by atoms with Crippen molar-refractivity contribution in [3.05, 3.63) is 36.1 Å². The van der Waals surface area contributed by atoms with Gasteiger partial charge in [-0.25, -0.2) is 0 Å². The molecule has 1 aliphatic carbocycles. The molecule has 2 nitrogen and oxygen atoms in total. The lowest BCUT2D eigenvalue weighted by atomic mass is 9.97. The molecule has 2 rings (SSSR count). The van der Waals surface area contributed by atoms with Crippen molar-refractivity contribution in [2.45, 2.75) is 0 Å². The molecule has 0 aromatic heterocycles. The Morgan fingerprint density at radius 2 is 2.30 bits per heavy atom. The quantitative estimate of drug-likeness (QED) is 0.519. The molecule has 1 aliphatic heterocycles. The smallest absolute Gasteiger partial charge is 0.235 e. The van der Waals surface area contributed by atoms with Crippen LogP contribution in [0.25, 0.3) is 0 Å². The van der Waals surface area contributed by atoms with E-state index in [4.69, 9.17) is 0 Å². The van der Waals surface area contributed by atoms with Gasteiger partial charge in [-0.1, -0.05) is 24.3 Å². The van der Waals surface area contributed by atoms with E-state index in [1.165, 1.54) is 0 Å². The molecule has 1 atom stereocenters. The second-order valence-corrected chi connectivity index (χ2v) is 2.37. The highest BCUT2D eigenvalue weighted by Gasteiger charge is 2.23. The second-order valence-electron chi connectivity index (χ2n) is 2.37. The van der Waals surface area contributed by atoms with E-state index in [0.717, 1.165) is 5.57 Å². The van der Waals surface area contributed by atoms with E-state index in [0.29, 0.717) is 0 Å². The van der Waals surface area contributed by atoms with E-state index in [9.17, 15) is 4.79 Å². The Kier molecular flexibility index (Phi) is 1.01. The molecule has 0 saturated heterocycles. The van der Waals surface area contributed by atoms with Gasteiger partial charge in [0.1, 0.15) is 0 Å². The van der Waals surface area contributed by atoms with Crippen LogP contribution in [0.1, 0.15) is 0 Å². The standard InChI is InChI=1S/C8H7NO/c10-8-7-4-2-1-3-6(7)5-9-8/h1-5,7H,(H,9,10). The number of carbonyl (C=O) groups is 1. The third-order valence-electron chi connectivity index (χ3n) is 1.73. The highest BCUT2D eigenvalue weighted by atomic mass is 16.2. The van der Waals surface area contributed by atoms with E-state index in [-0.39, 0.29) is 11.8 Å². The highest BCUT2D eigenvalue weighted by molar-refractivity contribution is 5.88. The first-order chi connectivity index (χ1) is 4.88. The third kappa shape index (κ3) is 0.620. The van der Waals surface area contributed by atoms with Crippen molar-refractivity contribution >= 4 is 5.91 Å². The number of carbonyl (C=O) groups excluding carboxylic acids is 1. The summed E-state index contributed by atoms with van der Waals surface area (Å²) >= 11 is 0. The average Bonchev–Trinajstić information content (AvgIpc) is 2.34. The Bertz CT molecular complexity index is 260. The van der Waals surface area contributed by atoms with Gasteiger partial charge in [0.25, 0.3) is 0 Å². The van der Waals surface area contributed by atoms with Gasteiger partial charge in [-0.05, 0) is 5.57 Å².